The molecule has 1 amide bonds. The molecule has 0 unspecified atom stereocenters. The van der Waals surface area contributed by atoms with E-state index >= 15 is 0 Å². The number of benzene rings is 1. The van der Waals surface area contributed by atoms with E-state index in [-0.39, 0.29) is 5.69 Å². The van der Waals surface area contributed by atoms with Crippen LogP contribution in [0.1, 0.15) is 33.3 Å². The molecule has 1 saturated heterocycles. The Morgan fingerprint density at radius 1 is 1.17 bits per heavy atom. The number of carboxylic acid groups (broad SMARTS) is 1. The lowest BCUT2D eigenvalue weighted by molar-refractivity contribution is -0.137. The quantitative estimate of drug-likeness (QED) is 0.838. The molecule has 1 fully saturated rings. The highest BCUT2D eigenvalue weighted by molar-refractivity contribution is 6.56. The first kappa shape index (κ1) is 17.6. The summed E-state index contributed by atoms with van der Waals surface area (Å²) in [4.78, 5) is 12.2. The molecular formula is C14H17BF3NO4. The standard InChI is InChI=1S/C14H17BF3NO4/c1-12(2)13(3,4)23-15(22-12)19(11(20)21)10-7-5-6-9(8-10)14(16,17)18/h5-8H,1-4H3,(H,20,21). The van der Waals surface area contributed by atoms with Gasteiger partial charge in [-0.05, 0) is 45.9 Å². The van der Waals surface area contributed by atoms with Gasteiger partial charge in [-0.2, -0.15) is 13.2 Å². The van der Waals surface area contributed by atoms with E-state index in [0.29, 0.717) is 4.81 Å². The minimum atomic E-state index is -4.57. The normalized spacial score (nSPS) is 19.7. The summed E-state index contributed by atoms with van der Waals surface area (Å²) >= 11 is 0. The summed E-state index contributed by atoms with van der Waals surface area (Å²) in [6.45, 7) is 6.89. The van der Waals surface area contributed by atoms with E-state index in [9.17, 15) is 23.1 Å². The van der Waals surface area contributed by atoms with Crippen molar-refractivity contribution in [1.29, 1.82) is 0 Å². The average molecular weight is 331 g/mol. The monoisotopic (exact) mass is 331 g/mol. The predicted octanol–water partition coefficient (Wildman–Crippen LogP) is 3.78. The maximum Gasteiger partial charge on any atom is 0.604 e. The molecule has 0 atom stereocenters. The number of hydrogen-bond donors (Lipinski definition) is 1. The first-order chi connectivity index (χ1) is 10.3. The SMILES string of the molecule is CC1(C)OB(N(C(=O)O)c2cccc(C(F)(F)F)c2)OC1(C)C. The molecule has 1 aromatic carbocycles. The van der Waals surface area contributed by atoms with Crippen molar-refractivity contribution in [2.75, 3.05) is 4.81 Å². The number of alkyl halides is 3. The summed E-state index contributed by atoms with van der Waals surface area (Å²) < 4.78 is 49.7. The number of anilines is 1. The number of nitrogens with zero attached hydrogens (tertiary/aromatic N) is 1. The van der Waals surface area contributed by atoms with E-state index in [0.717, 1.165) is 18.2 Å². The highest BCUT2D eigenvalue weighted by Gasteiger charge is 2.56. The molecule has 9 heteroatoms. The van der Waals surface area contributed by atoms with Gasteiger partial charge in [0, 0.05) is 5.69 Å². The van der Waals surface area contributed by atoms with E-state index < -0.39 is 36.3 Å². The smallest absolute Gasteiger partial charge is 0.465 e. The number of hydrogen-bond acceptors (Lipinski definition) is 3. The molecular weight excluding hydrogens is 314 g/mol. The maximum atomic E-state index is 12.8. The molecule has 0 aromatic heterocycles. The predicted molar refractivity (Wildman–Crippen MR) is 78.0 cm³/mol. The van der Waals surface area contributed by atoms with Crippen molar-refractivity contribution >= 4 is 19.0 Å². The summed E-state index contributed by atoms with van der Waals surface area (Å²) in [5, 5.41) is 9.41. The highest BCUT2D eigenvalue weighted by atomic mass is 19.4. The minimum absolute atomic E-state index is 0.175. The fourth-order valence-electron chi connectivity index (χ4n) is 2.07. The second-order valence-corrected chi connectivity index (χ2v) is 6.26. The molecule has 0 spiro atoms. The van der Waals surface area contributed by atoms with Crippen molar-refractivity contribution in [3.63, 3.8) is 0 Å². The van der Waals surface area contributed by atoms with Crippen molar-refractivity contribution in [3.05, 3.63) is 29.8 Å². The van der Waals surface area contributed by atoms with Crippen LogP contribution in [0.25, 0.3) is 0 Å². The first-order valence-electron chi connectivity index (χ1n) is 6.90. The van der Waals surface area contributed by atoms with Crippen LogP contribution in [0, 0.1) is 0 Å². The number of halogens is 3. The van der Waals surface area contributed by atoms with Crippen LogP contribution in [0.15, 0.2) is 24.3 Å². The van der Waals surface area contributed by atoms with Crippen LogP contribution < -0.4 is 4.81 Å². The van der Waals surface area contributed by atoms with E-state index in [4.69, 9.17) is 9.31 Å². The number of rotatable bonds is 2. The van der Waals surface area contributed by atoms with Crippen molar-refractivity contribution in [2.45, 2.75) is 45.1 Å². The van der Waals surface area contributed by atoms with Crippen LogP contribution in [0.5, 0.6) is 0 Å². The fraction of sp³-hybridized carbons (Fsp3) is 0.500. The van der Waals surface area contributed by atoms with Crippen molar-refractivity contribution in [3.8, 4) is 0 Å². The Hall–Kier alpha value is -1.74. The molecule has 0 aliphatic carbocycles. The van der Waals surface area contributed by atoms with E-state index in [2.05, 4.69) is 0 Å². The summed E-state index contributed by atoms with van der Waals surface area (Å²) in [5.74, 6) is 0. The summed E-state index contributed by atoms with van der Waals surface area (Å²) in [5.41, 5.74) is -2.75. The Bertz CT molecular complexity index is 602. The van der Waals surface area contributed by atoms with Gasteiger partial charge in [-0.3, -0.25) is 4.81 Å². The molecule has 1 aliphatic heterocycles. The van der Waals surface area contributed by atoms with E-state index in [1.807, 2.05) is 0 Å². The molecule has 1 heterocycles. The highest BCUT2D eigenvalue weighted by Crippen LogP contribution is 2.39. The second kappa shape index (κ2) is 5.42. The zero-order valence-electron chi connectivity index (χ0n) is 13.1. The molecule has 1 aromatic rings. The molecule has 0 radical (unpaired) electrons. The summed E-state index contributed by atoms with van der Waals surface area (Å²) in [6.07, 6.45) is -6.04. The molecule has 5 nitrogen and oxygen atoms in total. The Balaban J connectivity index is 2.40. The van der Waals surface area contributed by atoms with Crippen LogP contribution in [-0.2, 0) is 15.5 Å². The van der Waals surface area contributed by atoms with Gasteiger partial charge < -0.3 is 14.4 Å². The Morgan fingerprint density at radius 2 is 1.70 bits per heavy atom. The van der Waals surface area contributed by atoms with Gasteiger partial charge in [-0.25, -0.2) is 4.79 Å². The van der Waals surface area contributed by atoms with E-state index in [1.165, 1.54) is 6.07 Å². The Kier molecular flexibility index (Phi) is 4.15. The van der Waals surface area contributed by atoms with Gasteiger partial charge in [-0.15, -0.1) is 0 Å². The zero-order chi connectivity index (χ0) is 17.6. The van der Waals surface area contributed by atoms with Gasteiger partial charge in [0.05, 0.1) is 16.8 Å². The van der Waals surface area contributed by atoms with Gasteiger partial charge in [0.15, 0.2) is 0 Å². The topological polar surface area (TPSA) is 59.0 Å². The average Bonchev–Trinajstić information content (AvgIpc) is 2.56. The molecule has 2 rings (SSSR count). The molecule has 0 saturated carbocycles. The molecule has 1 N–H and O–H groups in total. The summed E-state index contributed by atoms with van der Waals surface area (Å²) in [7, 11) is -1.33. The molecule has 126 valence electrons. The maximum absolute atomic E-state index is 12.8. The van der Waals surface area contributed by atoms with Crippen LogP contribution in [0.2, 0.25) is 0 Å². The van der Waals surface area contributed by atoms with Crippen LogP contribution in [0.4, 0.5) is 23.7 Å². The molecule has 0 bridgehead atoms. The summed E-state index contributed by atoms with van der Waals surface area (Å²) in [6, 6.07) is 4.01. The van der Waals surface area contributed by atoms with Crippen molar-refractivity contribution < 1.29 is 32.4 Å². The fourth-order valence-corrected chi connectivity index (χ4v) is 2.07. The first-order valence-corrected chi connectivity index (χ1v) is 6.90. The third-order valence-electron chi connectivity index (χ3n) is 4.11. The van der Waals surface area contributed by atoms with Gasteiger partial charge in [0.25, 0.3) is 0 Å². The largest absolute Gasteiger partial charge is 0.604 e. The Labute approximate surface area is 132 Å². The van der Waals surface area contributed by atoms with Crippen LogP contribution in [0.3, 0.4) is 0 Å². The van der Waals surface area contributed by atoms with Crippen molar-refractivity contribution in [2.24, 2.45) is 0 Å². The van der Waals surface area contributed by atoms with Crippen molar-refractivity contribution in [1.82, 2.24) is 0 Å². The van der Waals surface area contributed by atoms with Gasteiger partial charge in [-0.1, -0.05) is 6.07 Å². The molecule has 23 heavy (non-hydrogen) atoms. The van der Waals surface area contributed by atoms with Gasteiger partial charge in [0.1, 0.15) is 0 Å². The third kappa shape index (κ3) is 3.30. The number of carbonyl (C=O) groups is 1. The van der Waals surface area contributed by atoms with Crippen LogP contribution in [-0.4, -0.2) is 29.7 Å². The second-order valence-electron chi connectivity index (χ2n) is 6.26. The van der Waals surface area contributed by atoms with Gasteiger partial charge in [0.2, 0.25) is 0 Å². The Morgan fingerprint density at radius 3 is 2.13 bits per heavy atom. The number of amides is 1. The third-order valence-corrected chi connectivity index (χ3v) is 4.11. The zero-order valence-corrected chi connectivity index (χ0v) is 13.1. The van der Waals surface area contributed by atoms with E-state index in [1.54, 1.807) is 27.7 Å². The lowest BCUT2D eigenvalue weighted by atomic mass is 9.90. The lowest BCUT2D eigenvalue weighted by Gasteiger charge is -2.32. The van der Waals surface area contributed by atoms with Crippen LogP contribution >= 0.6 is 0 Å². The minimum Gasteiger partial charge on any atom is -0.465 e. The molecule has 1 aliphatic rings. The lowest BCUT2D eigenvalue weighted by Crippen LogP contribution is -2.46. The van der Waals surface area contributed by atoms with Gasteiger partial charge >= 0.3 is 19.5 Å².